The van der Waals surface area contributed by atoms with Crippen LogP contribution >= 0.6 is 15.4 Å². The van der Waals surface area contributed by atoms with Crippen molar-refractivity contribution in [2.24, 2.45) is 0 Å². The van der Waals surface area contributed by atoms with E-state index in [2.05, 4.69) is 0 Å². The van der Waals surface area contributed by atoms with Gasteiger partial charge in [-0.15, -0.1) is 0 Å². The second-order valence-corrected chi connectivity index (χ2v) is 6.36. The molecule has 98 valence electrons. The van der Waals surface area contributed by atoms with Crippen LogP contribution in [0, 0.1) is 0 Å². The average Bonchev–Trinajstić information content (AvgIpc) is 2.43. The van der Waals surface area contributed by atoms with Crippen molar-refractivity contribution in [2.45, 2.75) is 0 Å². The first-order valence-corrected chi connectivity index (χ1v) is 8.18. The number of hydrogen-bond donors (Lipinski definition) is 0. The van der Waals surface area contributed by atoms with Crippen LogP contribution in [0.2, 0.25) is 0 Å². The summed E-state index contributed by atoms with van der Waals surface area (Å²) >= 11 is 0. The van der Waals surface area contributed by atoms with Crippen molar-refractivity contribution in [3.05, 3.63) is 48.5 Å². The zero-order chi connectivity index (χ0) is 14.3. The summed E-state index contributed by atoms with van der Waals surface area (Å²) in [4.78, 5) is 0. The van der Waals surface area contributed by atoms with Crippen molar-refractivity contribution in [2.75, 3.05) is 0 Å². The first-order chi connectivity index (χ1) is 9.58. The molecule has 0 fully saturated rings. The minimum Gasteiger partial charge on any atom is -0.232 e. The van der Waals surface area contributed by atoms with Crippen LogP contribution in [0.5, 0.6) is 0 Å². The summed E-state index contributed by atoms with van der Waals surface area (Å²) in [5, 5.41) is 3.03. The fourth-order valence-electron chi connectivity index (χ4n) is 2.34. The van der Waals surface area contributed by atoms with Gasteiger partial charge in [-0.25, -0.2) is 18.3 Å². The smallest absolute Gasteiger partial charge is 0.232 e. The third-order valence-electron chi connectivity index (χ3n) is 3.23. The highest BCUT2D eigenvalue weighted by Crippen LogP contribution is 2.25. The van der Waals surface area contributed by atoms with E-state index in [0.717, 1.165) is 10.8 Å². The molecule has 0 saturated heterocycles. The molecule has 0 radical (unpaired) electrons. The van der Waals surface area contributed by atoms with Crippen molar-refractivity contribution in [1.82, 2.24) is 0 Å². The van der Waals surface area contributed by atoms with Crippen LogP contribution in [-0.4, -0.2) is 0 Å². The van der Waals surface area contributed by atoms with Gasteiger partial charge in [-0.05, 0) is 35.0 Å². The Morgan fingerprint density at radius 3 is 1.45 bits per heavy atom. The van der Waals surface area contributed by atoms with Crippen LogP contribution in [0.15, 0.2) is 48.5 Å². The van der Waals surface area contributed by atoms with E-state index >= 15 is 0 Å². The van der Waals surface area contributed by atoms with Gasteiger partial charge in [0.2, 0.25) is 0 Å². The largest absolute Gasteiger partial charge is 0.349 e. The van der Waals surface area contributed by atoms with E-state index in [9.17, 15) is 18.3 Å². The van der Waals surface area contributed by atoms with E-state index in [1.807, 2.05) is 0 Å². The Bertz CT molecular complexity index is 892. The fourth-order valence-corrected chi connectivity index (χ4v) is 3.53. The molecule has 0 aliphatic carbocycles. The third kappa shape index (κ3) is 2.03. The van der Waals surface area contributed by atoms with Crippen LogP contribution < -0.4 is 10.6 Å². The van der Waals surface area contributed by atoms with Gasteiger partial charge < -0.3 is 0 Å². The SMILES string of the molecule is O=P(=O)c1cccc2cc3cccc(P(=O)=O)c3cc12. The quantitative estimate of drug-likeness (QED) is 0.536. The number of hydrogen-bond acceptors (Lipinski definition) is 4. The molecule has 0 aromatic heterocycles. The van der Waals surface area contributed by atoms with Gasteiger partial charge >= 0.3 is 15.4 Å². The third-order valence-corrected chi connectivity index (χ3v) is 4.79. The average molecular weight is 302 g/mol. The molecule has 3 rings (SSSR count). The number of fused-ring (bicyclic) bond motifs is 2. The number of rotatable bonds is 2. The molecule has 3 aromatic carbocycles. The van der Waals surface area contributed by atoms with Crippen LogP contribution in [0.1, 0.15) is 0 Å². The molecular weight excluding hydrogens is 294 g/mol. The number of benzene rings is 3. The molecular formula is C14H8O4P2. The fraction of sp³-hybridized carbons (Fsp3) is 0. The molecule has 0 amide bonds. The van der Waals surface area contributed by atoms with Crippen molar-refractivity contribution in [3.8, 4) is 0 Å². The lowest BCUT2D eigenvalue weighted by Crippen LogP contribution is -1.99. The first-order valence-electron chi connectivity index (χ1n) is 5.82. The Labute approximate surface area is 115 Å². The van der Waals surface area contributed by atoms with E-state index in [4.69, 9.17) is 0 Å². The Balaban J connectivity index is 2.55. The van der Waals surface area contributed by atoms with Gasteiger partial charge in [0.25, 0.3) is 0 Å². The minimum atomic E-state index is -2.73. The molecule has 0 bridgehead atoms. The van der Waals surface area contributed by atoms with Gasteiger partial charge in [0.05, 0.1) is 10.6 Å². The Morgan fingerprint density at radius 1 is 0.600 bits per heavy atom. The van der Waals surface area contributed by atoms with Crippen molar-refractivity contribution in [3.63, 3.8) is 0 Å². The van der Waals surface area contributed by atoms with Crippen molar-refractivity contribution >= 4 is 47.5 Å². The summed E-state index contributed by atoms with van der Waals surface area (Å²) in [6, 6.07) is 13.4. The first kappa shape index (κ1) is 13.0. The van der Waals surface area contributed by atoms with Crippen LogP contribution in [0.3, 0.4) is 0 Å². The molecule has 0 heterocycles. The van der Waals surface area contributed by atoms with E-state index < -0.39 is 15.4 Å². The lowest BCUT2D eigenvalue weighted by molar-refractivity contribution is 0.521. The molecule has 0 spiro atoms. The van der Waals surface area contributed by atoms with Crippen LogP contribution in [0.4, 0.5) is 0 Å². The maximum absolute atomic E-state index is 11.3. The van der Waals surface area contributed by atoms with Gasteiger partial charge in [-0.1, -0.05) is 24.3 Å². The highest BCUT2D eigenvalue weighted by Gasteiger charge is 2.10. The predicted molar refractivity (Wildman–Crippen MR) is 77.3 cm³/mol. The van der Waals surface area contributed by atoms with E-state index in [0.29, 0.717) is 10.8 Å². The molecule has 0 unspecified atom stereocenters. The summed E-state index contributed by atoms with van der Waals surface area (Å²) in [5.74, 6) is 0. The minimum absolute atomic E-state index is 0.204. The van der Waals surface area contributed by atoms with Gasteiger partial charge in [-0.3, -0.25) is 0 Å². The molecule has 20 heavy (non-hydrogen) atoms. The Morgan fingerprint density at radius 2 is 1.05 bits per heavy atom. The van der Waals surface area contributed by atoms with Gasteiger partial charge in [0.15, 0.2) is 0 Å². The molecule has 0 aliphatic heterocycles. The van der Waals surface area contributed by atoms with E-state index in [-0.39, 0.29) is 10.6 Å². The standard InChI is InChI=1S/C14H8O4P2/c15-19(16)13-5-1-3-9-7-10-4-2-6-14(20(17)18)12(10)8-11(9)13/h1-8H. The van der Waals surface area contributed by atoms with Crippen LogP contribution in [0.25, 0.3) is 21.5 Å². The summed E-state index contributed by atoms with van der Waals surface area (Å²) in [7, 11) is -5.45. The molecule has 3 aromatic rings. The molecule has 4 nitrogen and oxygen atoms in total. The molecule has 0 atom stereocenters. The Hall–Kier alpha value is -2.02. The monoisotopic (exact) mass is 302 g/mol. The molecule has 0 saturated carbocycles. The van der Waals surface area contributed by atoms with Gasteiger partial charge in [0.1, 0.15) is 0 Å². The lowest BCUT2D eigenvalue weighted by atomic mass is 10.0. The summed E-state index contributed by atoms with van der Waals surface area (Å²) in [6.45, 7) is 0. The topological polar surface area (TPSA) is 68.3 Å². The lowest BCUT2D eigenvalue weighted by Gasteiger charge is -2.05. The molecule has 0 N–H and O–H groups in total. The summed E-state index contributed by atoms with van der Waals surface area (Å²) in [6.07, 6.45) is 0. The maximum atomic E-state index is 11.3. The highest BCUT2D eigenvalue weighted by molar-refractivity contribution is 7.41. The van der Waals surface area contributed by atoms with E-state index in [1.165, 1.54) is 12.1 Å². The van der Waals surface area contributed by atoms with Gasteiger partial charge in [-0.2, -0.15) is 0 Å². The van der Waals surface area contributed by atoms with E-state index in [1.54, 1.807) is 36.4 Å². The predicted octanol–water partition coefficient (Wildman–Crippen LogP) is 3.59. The maximum Gasteiger partial charge on any atom is 0.349 e. The molecule has 0 aliphatic rings. The zero-order valence-electron chi connectivity index (χ0n) is 10.1. The molecule has 6 heteroatoms. The van der Waals surface area contributed by atoms with Crippen LogP contribution in [-0.2, 0) is 18.3 Å². The summed E-state index contributed by atoms with van der Waals surface area (Å²) in [5.41, 5.74) is 0. The Kier molecular flexibility index (Phi) is 3.13. The van der Waals surface area contributed by atoms with Crippen molar-refractivity contribution in [1.29, 1.82) is 0 Å². The normalized spacial score (nSPS) is 10.8. The second kappa shape index (κ2) is 4.82. The summed E-state index contributed by atoms with van der Waals surface area (Å²) < 4.78 is 45.1. The van der Waals surface area contributed by atoms with Gasteiger partial charge in [0, 0.05) is 10.8 Å². The van der Waals surface area contributed by atoms with Crippen molar-refractivity contribution < 1.29 is 18.3 Å². The zero-order valence-corrected chi connectivity index (χ0v) is 11.9. The highest BCUT2D eigenvalue weighted by atomic mass is 31.1. The second-order valence-electron chi connectivity index (χ2n) is 4.36.